The van der Waals surface area contributed by atoms with Gasteiger partial charge in [-0.1, -0.05) is 29.8 Å². The van der Waals surface area contributed by atoms with Gasteiger partial charge in [0, 0.05) is 13.0 Å². The third-order valence-corrected chi connectivity index (χ3v) is 7.49. The Bertz CT molecular complexity index is 814. The van der Waals surface area contributed by atoms with Gasteiger partial charge in [0.25, 0.3) is 0 Å². The molecule has 1 aromatic rings. The van der Waals surface area contributed by atoms with E-state index in [4.69, 9.17) is 4.74 Å². The lowest BCUT2D eigenvalue weighted by Gasteiger charge is -2.45. The van der Waals surface area contributed by atoms with Crippen LogP contribution in [0.1, 0.15) is 25.3 Å². The number of Topliss-reactive ketones (excluding diaryl/α,β-unsaturated/α-hetero) is 1. The zero-order chi connectivity index (χ0) is 16.5. The number of fused-ring (bicyclic) bond motifs is 1. The molecule has 3 atom stereocenters. The Labute approximate surface area is 136 Å². The quantitative estimate of drug-likeness (QED) is 0.775. The predicted octanol–water partition coefficient (Wildman–Crippen LogP) is 1.81. The first-order valence-corrected chi connectivity index (χ1v) is 9.24. The summed E-state index contributed by atoms with van der Waals surface area (Å²) in [4.78, 5) is 13.0. The van der Waals surface area contributed by atoms with Gasteiger partial charge in [0.15, 0.2) is 5.78 Å². The summed E-state index contributed by atoms with van der Waals surface area (Å²) in [5, 5.41) is 0. The van der Waals surface area contributed by atoms with Crippen LogP contribution in [-0.4, -0.2) is 42.3 Å². The van der Waals surface area contributed by atoms with Crippen molar-refractivity contribution < 1.29 is 17.9 Å². The van der Waals surface area contributed by atoms with E-state index in [2.05, 4.69) is 0 Å². The maximum absolute atomic E-state index is 13.1. The number of benzene rings is 1. The Hall–Kier alpha value is -1.50. The Morgan fingerprint density at radius 1 is 1.26 bits per heavy atom. The molecule has 122 valence electrons. The van der Waals surface area contributed by atoms with Crippen molar-refractivity contribution in [2.45, 2.75) is 48.8 Å². The molecule has 0 aliphatic carbocycles. The molecule has 0 radical (unpaired) electrons. The summed E-state index contributed by atoms with van der Waals surface area (Å²) in [6, 6.07) is 6.73. The summed E-state index contributed by atoms with van der Waals surface area (Å²) in [5.41, 5.74) is -0.989. The highest BCUT2D eigenvalue weighted by Crippen LogP contribution is 2.52. The normalized spacial score (nSPS) is 36.4. The third-order valence-electron chi connectivity index (χ3n) is 5.49. The van der Waals surface area contributed by atoms with Crippen LogP contribution in [0, 0.1) is 6.92 Å². The lowest BCUT2D eigenvalue weighted by molar-refractivity contribution is -0.155. The van der Waals surface area contributed by atoms with E-state index in [0.29, 0.717) is 6.42 Å². The van der Waals surface area contributed by atoms with Crippen LogP contribution in [0.25, 0.3) is 0 Å². The third kappa shape index (κ3) is 1.80. The second-order valence-electron chi connectivity index (χ2n) is 6.74. The molecule has 3 heterocycles. The number of hydrogen-bond acceptors (Lipinski definition) is 4. The van der Waals surface area contributed by atoms with Crippen LogP contribution >= 0.6 is 0 Å². The Kier molecular flexibility index (Phi) is 2.96. The van der Waals surface area contributed by atoms with Gasteiger partial charge in [0.05, 0.1) is 11.0 Å². The van der Waals surface area contributed by atoms with Crippen LogP contribution in [0.15, 0.2) is 41.3 Å². The van der Waals surface area contributed by atoms with E-state index < -0.39 is 21.2 Å². The average Bonchev–Trinajstić information content (AvgIpc) is 3.02. The Morgan fingerprint density at radius 3 is 2.65 bits per heavy atom. The van der Waals surface area contributed by atoms with Gasteiger partial charge in [0.2, 0.25) is 10.0 Å². The van der Waals surface area contributed by atoms with Crippen LogP contribution in [-0.2, 0) is 19.6 Å². The van der Waals surface area contributed by atoms with Crippen molar-refractivity contribution in [3.8, 4) is 0 Å². The van der Waals surface area contributed by atoms with E-state index in [0.717, 1.165) is 5.56 Å². The van der Waals surface area contributed by atoms with Crippen LogP contribution in [0.3, 0.4) is 0 Å². The Morgan fingerprint density at radius 2 is 1.96 bits per heavy atom. The zero-order valence-corrected chi connectivity index (χ0v) is 14.0. The average molecular weight is 333 g/mol. The highest BCUT2D eigenvalue weighted by molar-refractivity contribution is 7.89. The molecule has 6 heteroatoms. The molecule has 1 aromatic carbocycles. The van der Waals surface area contributed by atoms with Gasteiger partial charge in [-0.15, -0.1) is 0 Å². The molecule has 0 N–H and O–H groups in total. The molecule has 2 saturated heterocycles. The molecule has 0 aromatic heterocycles. The van der Waals surface area contributed by atoms with Gasteiger partial charge in [-0.2, -0.15) is 4.31 Å². The summed E-state index contributed by atoms with van der Waals surface area (Å²) < 4.78 is 33.6. The van der Waals surface area contributed by atoms with Gasteiger partial charge < -0.3 is 4.74 Å². The van der Waals surface area contributed by atoms with Crippen LogP contribution < -0.4 is 0 Å². The topological polar surface area (TPSA) is 63.7 Å². The summed E-state index contributed by atoms with van der Waals surface area (Å²) in [7, 11) is -3.75. The molecule has 1 spiro atoms. The molecule has 3 aliphatic rings. The lowest BCUT2D eigenvalue weighted by Crippen LogP contribution is -2.64. The minimum absolute atomic E-state index is 0.0630. The Balaban J connectivity index is 1.82. The van der Waals surface area contributed by atoms with Crippen molar-refractivity contribution >= 4 is 15.8 Å². The molecule has 2 fully saturated rings. The van der Waals surface area contributed by atoms with Crippen molar-refractivity contribution in [3.05, 3.63) is 42.0 Å². The zero-order valence-electron chi connectivity index (χ0n) is 13.2. The molecule has 2 bridgehead atoms. The minimum atomic E-state index is -3.75. The number of rotatable bonds is 2. The van der Waals surface area contributed by atoms with Crippen LogP contribution in [0.2, 0.25) is 0 Å². The van der Waals surface area contributed by atoms with Crippen molar-refractivity contribution in [1.82, 2.24) is 4.31 Å². The number of hydrogen-bond donors (Lipinski definition) is 0. The number of carbonyl (C=O) groups excluding carboxylic acids is 1. The van der Waals surface area contributed by atoms with Gasteiger partial charge in [-0.25, -0.2) is 8.42 Å². The maximum atomic E-state index is 13.1. The molecule has 0 saturated carbocycles. The number of aryl methyl sites for hydroxylation is 1. The molecule has 5 nitrogen and oxygen atoms in total. The van der Waals surface area contributed by atoms with Crippen LogP contribution in [0.5, 0.6) is 0 Å². The highest BCUT2D eigenvalue weighted by atomic mass is 32.2. The summed E-state index contributed by atoms with van der Waals surface area (Å²) in [6.45, 7) is 3.90. The fraction of sp³-hybridized carbons (Fsp3) is 0.471. The standard InChI is InChI=1S/C17H19NO4S/c1-12-3-5-14(6-4-12)23(20,21)18-10-9-17-8-7-13(22-17)11-15(19)16(17,18)2/h3-8,13H,9-11H2,1-2H3/t13-,16-,17-/m0/s1. The fourth-order valence-electron chi connectivity index (χ4n) is 4.04. The minimum Gasteiger partial charge on any atom is -0.361 e. The number of ether oxygens (including phenoxy) is 1. The first-order valence-electron chi connectivity index (χ1n) is 7.80. The lowest BCUT2D eigenvalue weighted by atomic mass is 9.77. The summed E-state index contributed by atoms with van der Waals surface area (Å²) in [6.07, 6.45) is 4.32. The fourth-order valence-corrected chi connectivity index (χ4v) is 5.84. The van der Waals surface area contributed by atoms with Gasteiger partial charge in [-0.3, -0.25) is 4.79 Å². The van der Waals surface area contributed by atoms with Gasteiger partial charge >= 0.3 is 0 Å². The van der Waals surface area contributed by atoms with E-state index in [1.54, 1.807) is 31.2 Å². The molecular formula is C17H19NO4S. The molecule has 0 unspecified atom stereocenters. The van der Waals surface area contributed by atoms with Crippen molar-refractivity contribution in [3.63, 3.8) is 0 Å². The monoisotopic (exact) mass is 333 g/mol. The SMILES string of the molecule is Cc1ccc(S(=O)(=O)N2CC[C@@]34C=C[C@@H](CC(=O)[C@]23C)O4)cc1. The van der Waals surface area contributed by atoms with E-state index in [9.17, 15) is 13.2 Å². The second kappa shape index (κ2) is 4.53. The molecule has 23 heavy (non-hydrogen) atoms. The van der Waals surface area contributed by atoms with Crippen molar-refractivity contribution in [2.75, 3.05) is 6.54 Å². The summed E-state index contributed by atoms with van der Waals surface area (Å²) >= 11 is 0. The van der Waals surface area contributed by atoms with Gasteiger partial charge in [-0.05, 0) is 32.4 Å². The largest absolute Gasteiger partial charge is 0.361 e. The number of carbonyl (C=O) groups is 1. The second-order valence-corrected chi connectivity index (χ2v) is 8.61. The van der Waals surface area contributed by atoms with E-state index in [1.807, 2.05) is 19.1 Å². The molecule has 3 aliphatic heterocycles. The van der Waals surface area contributed by atoms with E-state index >= 15 is 0 Å². The maximum Gasteiger partial charge on any atom is 0.244 e. The first kappa shape index (κ1) is 15.1. The molecular weight excluding hydrogens is 314 g/mol. The predicted molar refractivity (Wildman–Crippen MR) is 84.5 cm³/mol. The number of nitrogens with zero attached hydrogens (tertiary/aromatic N) is 1. The highest BCUT2D eigenvalue weighted by Gasteiger charge is 2.68. The van der Waals surface area contributed by atoms with Crippen molar-refractivity contribution in [1.29, 1.82) is 0 Å². The van der Waals surface area contributed by atoms with Crippen LogP contribution in [0.4, 0.5) is 0 Å². The number of sulfonamides is 1. The molecule has 0 amide bonds. The van der Waals surface area contributed by atoms with E-state index in [-0.39, 0.29) is 29.7 Å². The smallest absolute Gasteiger partial charge is 0.244 e. The number of ketones is 1. The molecule has 4 rings (SSSR count). The first-order chi connectivity index (χ1) is 10.8. The van der Waals surface area contributed by atoms with Gasteiger partial charge in [0.1, 0.15) is 11.1 Å². The van der Waals surface area contributed by atoms with E-state index in [1.165, 1.54) is 4.31 Å². The van der Waals surface area contributed by atoms with Crippen molar-refractivity contribution in [2.24, 2.45) is 0 Å². The summed E-state index contributed by atoms with van der Waals surface area (Å²) in [5.74, 6) is -0.0630.